The van der Waals surface area contributed by atoms with Crippen LogP contribution in [-0.2, 0) is 19.9 Å². The topological polar surface area (TPSA) is 76.8 Å². The quantitative estimate of drug-likeness (QED) is 0.451. The Balaban J connectivity index is 1.89. The number of carbonyl (C=O) groups is 3. The summed E-state index contributed by atoms with van der Waals surface area (Å²) in [4.78, 5) is 40.5. The highest BCUT2D eigenvalue weighted by atomic mass is 16.6. The van der Waals surface area contributed by atoms with Crippen LogP contribution < -0.4 is 0 Å². The molecule has 6 nitrogen and oxygen atoms in total. The van der Waals surface area contributed by atoms with E-state index in [0.717, 1.165) is 19.3 Å². The van der Waals surface area contributed by atoms with Gasteiger partial charge in [0.25, 0.3) is 0 Å². The van der Waals surface area contributed by atoms with E-state index in [1.807, 2.05) is 11.0 Å². The van der Waals surface area contributed by atoms with Gasteiger partial charge in [0.1, 0.15) is 0 Å². The molecule has 6 heteroatoms. The normalized spacial score (nSPS) is 22.0. The van der Waals surface area contributed by atoms with E-state index in [0.29, 0.717) is 29.9 Å². The average molecular weight is 379 g/mol. The number of piperidine rings is 1. The smallest absolute Gasteiger partial charge is 0.304 e. The number of furan rings is 1. The Kier molecular flexibility index (Phi) is 4.63. The van der Waals surface area contributed by atoms with Gasteiger partial charge in [-0.2, -0.15) is 0 Å². The van der Waals surface area contributed by atoms with Crippen molar-refractivity contribution in [3.8, 4) is 0 Å². The van der Waals surface area contributed by atoms with Gasteiger partial charge in [-0.05, 0) is 25.3 Å². The van der Waals surface area contributed by atoms with Gasteiger partial charge in [-0.1, -0.05) is 30.3 Å². The van der Waals surface area contributed by atoms with Crippen LogP contribution in [0.2, 0.25) is 0 Å². The van der Waals surface area contributed by atoms with E-state index in [-0.39, 0.29) is 11.4 Å². The molecule has 2 heterocycles. The Bertz CT molecular complexity index is 939. The van der Waals surface area contributed by atoms with Crippen LogP contribution in [0.15, 0.2) is 64.6 Å². The molecule has 0 radical (unpaired) electrons. The first-order chi connectivity index (χ1) is 13.6. The molecule has 2 aromatic rings. The van der Waals surface area contributed by atoms with Crippen molar-refractivity contribution >= 4 is 17.5 Å². The third-order valence-electron chi connectivity index (χ3n) is 5.28. The molecular formula is C22H21NO5. The highest BCUT2D eigenvalue weighted by Gasteiger charge is 2.62. The molecule has 0 amide bonds. The second-order valence-electron chi connectivity index (χ2n) is 7.08. The van der Waals surface area contributed by atoms with Gasteiger partial charge in [-0.3, -0.25) is 14.4 Å². The molecule has 0 N–H and O–H groups in total. The fourth-order valence-corrected chi connectivity index (χ4v) is 4.05. The summed E-state index contributed by atoms with van der Waals surface area (Å²) < 4.78 is 10.8. The minimum absolute atomic E-state index is 0.0931. The fraction of sp³-hybridized carbons (Fsp3) is 0.318. The molecule has 28 heavy (non-hydrogen) atoms. The van der Waals surface area contributed by atoms with Crippen molar-refractivity contribution < 1.29 is 23.5 Å². The molecule has 144 valence electrons. The van der Waals surface area contributed by atoms with Gasteiger partial charge in [0, 0.05) is 31.1 Å². The van der Waals surface area contributed by atoms with Crippen molar-refractivity contribution in [2.75, 3.05) is 13.1 Å². The van der Waals surface area contributed by atoms with Crippen LogP contribution in [0, 0.1) is 0 Å². The number of ether oxygens (including phenoxy) is 1. The highest BCUT2D eigenvalue weighted by Crippen LogP contribution is 2.50. The maximum absolute atomic E-state index is 13.4. The van der Waals surface area contributed by atoms with Crippen molar-refractivity contribution in [2.24, 2.45) is 0 Å². The zero-order valence-electron chi connectivity index (χ0n) is 15.6. The summed E-state index contributed by atoms with van der Waals surface area (Å²) in [5.41, 5.74) is -0.185. The molecule has 4 rings (SSSR count). The molecule has 0 saturated carbocycles. The lowest BCUT2D eigenvalue weighted by atomic mass is 9.69. The van der Waals surface area contributed by atoms with Crippen LogP contribution in [0.3, 0.4) is 0 Å². The number of benzene rings is 1. The molecule has 1 aromatic heterocycles. The lowest BCUT2D eigenvalue weighted by molar-refractivity contribution is -0.167. The number of hydrogen-bond acceptors (Lipinski definition) is 6. The maximum atomic E-state index is 13.4. The highest BCUT2D eigenvalue weighted by molar-refractivity contribution is 6.34. The number of likely N-dealkylation sites (tertiary alicyclic amines) is 1. The van der Waals surface area contributed by atoms with E-state index in [2.05, 4.69) is 0 Å². The van der Waals surface area contributed by atoms with Gasteiger partial charge in [-0.15, -0.1) is 0 Å². The number of esters is 1. The van der Waals surface area contributed by atoms with E-state index < -0.39 is 17.4 Å². The number of ketones is 2. The van der Waals surface area contributed by atoms with Gasteiger partial charge in [0.2, 0.25) is 11.4 Å². The monoisotopic (exact) mass is 379 g/mol. The lowest BCUT2D eigenvalue weighted by Crippen LogP contribution is -2.58. The predicted octanol–water partition coefficient (Wildman–Crippen LogP) is 3.24. The number of rotatable bonds is 5. The molecule has 1 fully saturated rings. The van der Waals surface area contributed by atoms with Crippen molar-refractivity contribution in [1.29, 1.82) is 0 Å². The molecule has 0 spiro atoms. The average Bonchev–Trinajstić information content (AvgIpc) is 3.25. The van der Waals surface area contributed by atoms with Crippen molar-refractivity contribution in [2.45, 2.75) is 31.8 Å². The Morgan fingerprint density at radius 2 is 1.79 bits per heavy atom. The van der Waals surface area contributed by atoms with Crippen LogP contribution >= 0.6 is 0 Å². The molecule has 0 bridgehead atoms. The second kappa shape index (κ2) is 7.11. The summed E-state index contributed by atoms with van der Waals surface area (Å²) in [5.74, 6) is -1.44. The lowest BCUT2D eigenvalue weighted by Gasteiger charge is -2.47. The van der Waals surface area contributed by atoms with Crippen molar-refractivity contribution in [1.82, 2.24) is 4.90 Å². The van der Waals surface area contributed by atoms with Gasteiger partial charge >= 0.3 is 5.97 Å². The third kappa shape index (κ3) is 2.76. The maximum Gasteiger partial charge on any atom is 0.304 e. The first-order valence-corrected chi connectivity index (χ1v) is 9.42. The molecule has 1 unspecified atom stereocenters. The van der Waals surface area contributed by atoms with Crippen LogP contribution in [0.25, 0.3) is 0 Å². The molecule has 1 aliphatic carbocycles. The number of nitrogens with zero attached hydrogens (tertiary/aromatic N) is 1. The Labute approximate surface area is 162 Å². The zero-order chi connectivity index (χ0) is 19.7. The standard InChI is InChI=1S/C22H21NO5/c1-15(24)28-22(17-10-13-27-14-17)20(23-11-6-3-7-12-23)18(21(22)26)19(25)16-8-4-2-5-9-16/h2,4-5,8-10,13-14H,3,6-7,11-12H2,1H3. The van der Waals surface area contributed by atoms with Crippen LogP contribution in [0.1, 0.15) is 42.1 Å². The van der Waals surface area contributed by atoms with Crippen molar-refractivity contribution in [3.63, 3.8) is 0 Å². The molecule has 1 aromatic carbocycles. The summed E-state index contributed by atoms with van der Waals surface area (Å²) in [6.45, 7) is 2.67. The van der Waals surface area contributed by atoms with Gasteiger partial charge < -0.3 is 14.1 Å². The third-order valence-corrected chi connectivity index (χ3v) is 5.28. The summed E-state index contributed by atoms with van der Waals surface area (Å²) in [6, 6.07) is 10.3. The van der Waals surface area contributed by atoms with E-state index in [1.54, 1.807) is 30.3 Å². The molecule has 2 aliphatic rings. The second-order valence-corrected chi connectivity index (χ2v) is 7.08. The molecule has 1 atom stereocenters. The Morgan fingerprint density at radius 3 is 2.39 bits per heavy atom. The molecular weight excluding hydrogens is 358 g/mol. The van der Waals surface area contributed by atoms with E-state index >= 15 is 0 Å². The van der Waals surface area contributed by atoms with Crippen LogP contribution in [-0.4, -0.2) is 35.5 Å². The van der Waals surface area contributed by atoms with E-state index in [1.165, 1.54) is 19.5 Å². The van der Waals surface area contributed by atoms with Crippen LogP contribution in [0.4, 0.5) is 0 Å². The molecule has 1 saturated heterocycles. The van der Waals surface area contributed by atoms with Gasteiger partial charge in [0.15, 0.2) is 5.78 Å². The fourth-order valence-electron chi connectivity index (χ4n) is 4.05. The van der Waals surface area contributed by atoms with E-state index in [9.17, 15) is 14.4 Å². The van der Waals surface area contributed by atoms with Crippen LogP contribution in [0.5, 0.6) is 0 Å². The van der Waals surface area contributed by atoms with E-state index in [4.69, 9.17) is 9.15 Å². The zero-order valence-corrected chi connectivity index (χ0v) is 15.6. The first kappa shape index (κ1) is 18.2. The summed E-state index contributed by atoms with van der Waals surface area (Å²) in [7, 11) is 0. The summed E-state index contributed by atoms with van der Waals surface area (Å²) in [6.07, 6.45) is 5.82. The molecule has 1 aliphatic heterocycles. The minimum atomic E-state index is -1.62. The van der Waals surface area contributed by atoms with Gasteiger partial charge in [0.05, 0.1) is 23.8 Å². The Hall–Kier alpha value is -3.15. The summed E-state index contributed by atoms with van der Waals surface area (Å²) >= 11 is 0. The number of hydrogen-bond donors (Lipinski definition) is 0. The van der Waals surface area contributed by atoms with Gasteiger partial charge in [-0.25, -0.2) is 0 Å². The Morgan fingerprint density at radius 1 is 1.07 bits per heavy atom. The summed E-state index contributed by atoms with van der Waals surface area (Å²) in [5, 5.41) is 0. The number of Topliss-reactive ketones (excluding diaryl/α,β-unsaturated/α-hetero) is 2. The SMILES string of the molecule is CC(=O)OC1(c2ccoc2)C(=O)C(C(=O)c2ccccc2)=C1N1CCCCC1. The predicted molar refractivity (Wildman–Crippen MR) is 100 cm³/mol. The largest absolute Gasteiger partial charge is 0.472 e. The number of carbonyl (C=O) groups excluding carboxylic acids is 3. The van der Waals surface area contributed by atoms with Crippen molar-refractivity contribution in [3.05, 3.63) is 71.3 Å². The minimum Gasteiger partial charge on any atom is -0.472 e. The first-order valence-electron chi connectivity index (χ1n) is 9.42.